The second-order valence-corrected chi connectivity index (χ2v) is 9.16. The Labute approximate surface area is 143 Å². The molecule has 0 saturated carbocycles. The molecule has 4 nitrogen and oxygen atoms in total. The van der Waals surface area contributed by atoms with E-state index in [0.717, 1.165) is 31.2 Å². The quantitative estimate of drug-likeness (QED) is 0.821. The minimum absolute atomic E-state index is 0.134. The zero-order valence-corrected chi connectivity index (χ0v) is 14.6. The smallest absolute Gasteiger partial charge is 0.240 e. The van der Waals surface area contributed by atoms with Gasteiger partial charge in [-0.3, -0.25) is 4.79 Å². The van der Waals surface area contributed by atoms with Gasteiger partial charge in [-0.15, -0.1) is 0 Å². The van der Waals surface area contributed by atoms with Gasteiger partial charge < -0.3 is 4.90 Å². The summed E-state index contributed by atoms with van der Waals surface area (Å²) < 4.78 is 37.4. The monoisotopic (exact) mass is 353 g/mol. The molecule has 2 heterocycles. The van der Waals surface area contributed by atoms with Crippen molar-refractivity contribution in [1.29, 1.82) is 0 Å². The van der Waals surface area contributed by atoms with Gasteiger partial charge in [0, 0.05) is 13.1 Å². The fraction of sp³-hybridized carbons (Fsp3) is 0.611. The van der Waals surface area contributed by atoms with Gasteiger partial charge in [0.1, 0.15) is 11.1 Å². The zero-order valence-electron chi connectivity index (χ0n) is 13.8. The third-order valence-corrected chi connectivity index (χ3v) is 7.40. The number of nitrogens with zero attached hydrogens (tertiary/aromatic N) is 1. The standard InChI is InChI=1S/C18H24FNO3S/c19-16-8-6-15(7-9-16)14-4-3-11-20(12-10-14)18(21)17-5-1-2-13-24(17,22)23/h6-9,14,17H,1-5,10-13H2. The van der Waals surface area contributed by atoms with Crippen LogP contribution < -0.4 is 0 Å². The maximum absolute atomic E-state index is 13.1. The zero-order chi connectivity index (χ0) is 17.2. The first-order valence-corrected chi connectivity index (χ1v) is 10.4. The molecule has 0 radical (unpaired) electrons. The number of hydrogen-bond acceptors (Lipinski definition) is 3. The van der Waals surface area contributed by atoms with E-state index in [1.54, 1.807) is 4.90 Å². The lowest BCUT2D eigenvalue weighted by molar-refractivity contribution is -0.130. The molecule has 132 valence electrons. The molecule has 24 heavy (non-hydrogen) atoms. The maximum Gasteiger partial charge on any atom is 0.240 e. The summed E-state index contributed by atoms with van der Waals surface area (Å²) in [6.45, 7) is 1.19. The molecular formula is C18H24FNO3S. The highest BCUT2D eigenvalue weighted by Gasteiger charge is 2.37. The van der Waals surface area contributed by atoms with Crippen molar-refractivity contribution in [3.8, 4) is 0 Å². The fourth-order valence-electron chi connectivity index (χ4n) is 3.82. The van der Waals surface area contributed by atoms with Crippen LogP contribution in [0.15, 0.2) is 24.3 Å². The first-order chi connectivity index (χ1) is 11.5. The van der Waals surface area contributed by atoms with Gasteiger partial charge >= 0.3 is 0 Å². The van der Waals surface area contributed by atoms with Crippen LogP contribution in [-0.2, 0) is 14.6 Å². The highest BCUT2D eigenvalue weighted by atomic mass is 32.2. The minimum Gasteiger partial charge on any atom is -0.342 e. The van der Waals surface area contributed by atoms with Crippen LogP contribution in [0.4, 0.5) is 4.39 Å². The Balaban J connectivity index is 1.66. The van der Waals surface area contributed by atoms with Crippen molar-refractivity contribution in [2.75, 3.05) is 18.8 Å². The summed E-state index contributed by atoms with van der Waals surface area (Å²) in [5.41, 5.74) is 1.09. The molecule has 2 unspecified atom stereocenters. The number of likely N-dealkylation sites (tertiary alicyclic amines) is 1. The Morgan fingerprint density at radius 2 is 1.75 bits per heavy atom. The number of halogens is 1. The highest BCUT2D eigenvalue weighted by molar-refractivity contribution is 7.92. The third kappa shape index (κ3) is 3.79. The van der Waals surface area contributed by atoms with Crippen molar-refractivity contribution < 1.29 is 17.6 Å². The van der Waals surface area contributed by atoms with Crippen molar-refractivity contribution >= 4 is 15.7 Å². The molecule has 6 heteroatoms. The summed E-state index contributed by atoms with van der Waals surface area (Å²) in [4.78, 5) is 14.4. The minimum atomic E-state index is -3.29. The largest absolute Gasteiger partial charge is 0.342 e. The van der Waals surface area contributed by atoms with E-state index in [2.05, 4.69) is 0 Å². The molecule has 0 N–H and O–H groups in total. The van der Waals surface area contributed by atoms with Crippen LogP contribution in [0.3, 0.4) is 0 Å². The molecule has 2 saturated heterocycles. The van der Waals surface area contributed by atoms with Gasteiger partial charge in [0.25, 0.3) is 0 Å². The molecule has 0 bridgehead atoms. The second-order valence-electron chi connectivity index (χ2n) is 6.86. The maximum atomic E-state index is 13.1. The summed E-state index contributed by atoms with van der Waals surface area (Å²) in [5, 5.41) is -0.839. The van der Waals surface area contributed by atoms with Crippen LogP contribution in [-0.4, -0.2) is 43.3 Å². The Morgan fingerprint density at radius 1 is 1.00 bits per heavy atom. The Hall–Kier alpha value is -1.43. The van der Waals surface area contributed by atoms with Gasteiger partial charge in [-0.05, 0) is 55.7 Å². The van der Waals surface area contributed by atoms with Crippen molar-refractivity contribution in [1.82, 2.24) is 4.90 Å². The van der Waals surface area contributed by atoms with Crippen molar-refractivity contribution in [2.45, 2.75) is 49.7 Å². The molecule has 0 spiro atoms. The third-order valence-electron chi connectivity index (χ3n) is 5.24. The fourth-order valence-corrected chi connectivity index (χ4v) is 5.69. The van der Waals surface area contributed by atoms with E-state index in [9.17, 15) is 17.6 Å². The van der Waals surface area contributed by atoms with E-state index >= 15 is 0 Å². The molecule has 1 aromatic rings. The molecule has 1 amide bonds. The molecule has 3 rings (SSSR count). The number of hydrogen-bond donors (Lipinski definition) is 0. The predicted molar refractivity (Wildman–Crippen MR) is 91.0 cm³/mol. The Kier molecular flexibility index (Phi) is 5.23. The summed E-state index contributed by atoms with van der Waals surface area (Å²) in [7, 11) is -3.29. The molecule has 2 fully saturated rings. The number of amides is 1. The van der Waals surface area contributed by atoms with Crippen LogP contribution in [0, 0.1) is 5.82 Å². The van der Waals surface area contributed by atoms with Gasteiger partial charge in [-0.1, -0.05) is 18.6 Å². The van der Waals surface area contributed by atoms with Crippen LogP contribution in [0.2, 0.25) is 0 Å². The number of sulfone groups is 1. The van der Waals surface area contributed by atoms with Gasteiger partial charge in [0.05, 0.1) is 5.75 Å². The molecule has 2 atom stereocenters. The topological polar surface area (TPSA) is 54.5 Å². The van der Waals surface area contributed by atoms with E-state index in [1.807, 2.05) is 12.1 Å². The SMILES string of the molecule is O=C(C1CCCCS1(=O)=O)N1CCCC(c2ccc(F)cc2)CC1. The van der Waals surface area contributed by atoms with Gasteiger partial charge in [-0.2, -0.15) is 0 Å². The Bertz CT molecular complexity index is 687. The number of carbonyl (C=O) groups is 1. The lowest BCUT2D eigenvalue weighted by Crippen LogP contribution is -2.45. The van der Waals surface area contributed by atoms with Crippen LogP contribution in [0.25, 0.3) is 0 Å². The van der Waals surface area contributed by atoms with E-state index < -0.39 is 15.1 Å². The summed E-state index contributed by atoms with van der Waals surface area (Å²) in [6.07, 6.45) is 4.51. The second kappa shape index (κ2) is 7.21. The lowest BCUT2D eigenvalue weighted by atomic mass is 9.92. The molecular weight excluding hydrogens is 329 g/mol. The van der Waals surface area contributed by atoms with Gasteiger partial charge in [0.15, 0.2) is 9.84 Å². The highest BCUT2D eigenvalue weighted by Crippen LogP contribution is 2.29. The normalized spacial score (nSPS) is 27.5. The molecule has 0 aromatic heterocycles. The first kappa shape index (κ1) is 17.4. The van der Waals surface area contributed by atoms with Crippen molar-refractivity contribution in [2.24, 2.45) is 0 Å². The molecule has 2 aliphatic heterocycles. The van der Waals surface area contributed by atoms with Crippen molar-refractivity contribution in [3.05, 3.63) is 35.6 Å². The summed E-state index contributed by atoms with van der Waals surface area (Å²) in [6, 6.07) is 6.56. The number of rotatable bonds is 2. The van der Waals surface area contributed by atoms with Gasteiger partial charge in [0.2, 0.25) is 5.91 Å². The molecule has 0 aliphatic carbocycles. The summed E-state index contributed by atoms with van der Waals surface area (Å²) in [5.74, 6) is -0.0253. The van der Waals surface area contributed by atoms with Crippen LogP contribution in [0.5, 0.6) is 0 Å². The van der Waals surface area contributed by atoms with Crippen LogP contribution >= 0.6 is 0 Å². The Morgan fingerprint density at radius 3 is 2.46 bits per heavy atom. The lowest BCUT2D eigenvalue weighted by Gasteiger charge is -2.28. The molecule has 1 aromatic carbocycles. The van der Waals surface area contributed by atoms with Crippen LogP contribution in [0.1, 0.15) is 50.0 Å². The van der Waals surface area contributed by atoms with Gasteiger partial charge in [-0.25, -0.2) is 12.8 Å². The molecule has 2 aliphatic rings. The van der Waals surface area contributed by atoms with E-state index in [1.165, 1.54) is 12.1 Å². The number of carbonyl (C=O) groups excluding carboxylic acids is 1. The van der Waals surface area contributed by atoms with E-state index in [4.69, 9.17) is 0 Å². The van der Waals surface area contributed by atoms with E-state index in [-0.39, 0.29) is 17.5 Å². The number of benzene rings is 1. The average molecular weight is 353 g/mol. The summed E-state index contributed by atoms with van der Waals surface area (Å²) >= 11 is 0. The predicted octanol–water partition coefficient (Wildman–Crippen LogP) is 2.89. The first-order valence-electron chi connectivity index (χ1n) is 8.73. The van der Waals surface area contributed by atoms with E-state index in [0.29, 0.717) is 31.8 Å². The van der Waals surface area contributed by atoms with Crippen molar-refractivity contribution in [3.63, 3.8) is 0 Å². The average Bonchev–Trinajstić information content (AvgIpc) is 2.81.